The summed E-state index contributed by atoms with van der Waals surface area (Å²) in [7, 11) is 0. The summed E-state index contributed by atoms with van der Waals surface area (Å²) in [5, 5.41) is 1.81. The monoisotopic (exact) mass is 350 g/mol. The summed E-state index contributed by atoms with van der Waals surface area (Å²) in [6.45, 7) is -0.293. The lowest BCUT2D eigenvalue weighted by molar-refractivity contribution is -0.135. The summed E-state index contributed by atoms with van der Waals surface area (Å²) in [6, 6.07) is 4.65. The van der Waals surface area contributed by atoms with Gasteiger partial charge >= 0.3 is 0 Å². The second-order valence-corrected chi connectivity index (χ2v) is 6.13. The van der Waals surface area contributed by atoms with Crippen molar-refractivity contribution in [1.82, 2.24) is 10.4 Å². The van der Waals surface area contributed by atoms with E-state index in [0.29, 0.717) is 20.1 Å². The van der Waals surface area contributed by atoms with Gasteiger partial charge in [-0.3, -0.25) is 15.0 Å². The molecule has 0 atom stereocenters. The number of ether oxygens (including phenoxy) is 1. The molecule has 1 N–H and O–H groups in total. The summed E-state index contributed by atoms with van der Waals surface area (Å²) < 4.78 is 5.56. The highest BCUT2D eigenvalue weighted by atomic mass is 35.5. The third-order valence-electron chi connectivity index (χ3n) is 2.24. The molecule has 2 amide bonds. The number of rotatable bonds is 4. The average molecular weight is 351 g/mol. The first-order valence-corrected chi connectivity index (χ1v) is 7.49. The molecule has 0 aromatic heterocycles. The van der Waals surface area contributed by atoms with Crippen molar-refractivity contribution in [1.29, 1.82) is 0 Å². The first-order chi connectivity index (χ1) is 9.47. The van der Waals surface area contributed by atoms with Gasteiger partial charge in [0.15, 0.2) is 10.9 Å². The quantitative estimate of drug-likeness (QED) is 0.844. The maximum atomic E-state index is 11.7. The lowest BCUT2D eigenvalue weighted by Crippen LogP contribution is -2.46. The number of carbonyl (C=O) groups excluding carboxylic acids is 2. The van der Waals surface area contributed by atoms with Crippen molar-refractivity contribution >= 4 is 63.3 Å². The van der Waals surface area contributed by atoms with Crippen LogP contribution < -0.4 is 10.2 Å². The zero-order valence-electron chi connectivity index (χ0n) is 9.89. The molecule has 0 aliphatic carbocycles. The third-order valence-corrected chi connectivity index (χ3v) is 4.13. The number of hydrogen-bond acceptors (Lipinski definition) is 5. The number of hydrogen-bond donors (Lipinski definition) is 1. The van der Waals surface area contributed by atoms with Crippen molar-refractivity contribution in [2.45, 2.75) is 0 Å². The fourth-order valence-corrected chi connectivity index (χ4v) is 2.79. The van der Waals surface area contributed by atoms with Crippen LogP contribution in [0.3, 0.4) is 0 Å². The third kappa shape index (κ3) is 3.76. The Bertz CT molecular complexity index is 567. The number of carbonyl (C=O) groups is 2. The molecule has 0 spiro atoms. The van der Waals surface area contributed by atoms with Crippen LogP contribution in [0, 0.1) is 0 Å². The molecule has 1 aliphatic heterocycles. The van der Waals surface area contributed by atoms with Crippen molar-refractivity contribution < 1.29 is 14.3 Å². The topological polar surface area (TPSA) is 58.6 Å². The number of hydrazine groups is 1. The Morgan fingerprint density at radius 3 is 2.85 bits per heavy atom. The fourth-order valence-electron chi connectivity index (χ4n) is 1.35. The normalized spacial score (nSPS) is 14.6. The highest BCUT2D eigenvalue weighted by Crippen LogP contribution is 2.27. The van der Waals surface area contributed by atoms with Crippen LogP contribution in [-0.2, 0) is 9.59 Å². The second kappa shape index (κ2) is 6.62. The highest BCUT2D eigenvalue weighted by Gasteiger charge is 2.28. The van der Waals surface area contributed by atoms with Crippen LogP contribution in [0.5, 0.6) is 5.75 Å². The van der Waals surface area contributed by atoms with Crippen molar-refractivity contribution in [3.63, 3.8) is 0 Å². The molecule has 1 aromatic rings. The van der Waals surface area contributed by atoms with Gasteiger partial charge in [0.25, 0.3) is 11.8 Å². The smallest absolute Gasteiger partial charge is 0.276 e. The van der Waals surface area contributed by atoms with Crippen molar-refractivity contribution in [3.05, 3.63) is 28.2 Å². The van der Waals surface area contributed by atoms with E-state index in [9.17, 15) is 9.59 Å². The number of halogens is 2. The minimum Gasteiger partial charge on any atom is -0.482 e. The first-order valence-electron chi connectivity index (χ1n) is 5.34. The van der Waals surface area contributed by atoms with Gasteiger partial charge in [-0.05, 0) is 18.2 Å². The van der Waals surface area contributed by atoms with Crippen LogP contribution in [0.1, 0.15) is 0 Å². The van der Waals surface area contributed by atoms with E-state index in [1.165, 1.54) is 17.8 Å². The van der Waals surface area contributed by atoms with Gasteiger partial charge in [0, 0.05) is 5.02 Å². The molecule has 1 aliphatic rings. The largest absolute Gasteiger partial charge is 0.482 e. The highest BCUT2D eigenvalue weighted by molar-refractivity contribution is 8.23. The Balaban J connectivity index is 1.89. The van der Waals surface area contributed by atoms with Gasteiger partial charge < -0.3 is 4.74 Å². The molecule has 1 fully saturated rings. The van der Waals surface area contributed by atoms with Crippen LogP contribution in [0.15, 0.2) is 18.2 Å². The number of nitrogens with one attached hydrogen (secondary N) is 1. The van der Waals surface area contributed by atoms with Gasteiger partial charge in [-0.15, -0.1) is 0 Å². The van der Waals surface area contributed by atoms with E-state index in [4.69, 9.17) is 40.2 Å². The lowest BCUT2D eigenvalue weighted by atomic mass is 10.3. The SMILES string of the molecule is O=C(COc1ccc(Cl)cc1Cl)NN1C(=O)CSC1=S. The molecule has 1 aromatic carbocycles. The predicted octanol–water partition coefficient (Wildman–Crippen LogP) is 2.26. The zero-order chi connectivity index (χ0) is 14.7. The number of benzene rings is 1. The molecule has 2 rings (SSSR count). The molecular formula is C11H8Cl2N2O3S2. The van der Waals surface area contributed by atoms with Gasteiger partial charge in [-0.1, -0.05) is 47.2 Å². The van der Waals surface area contributed by atoms with E-state index in [0.717, 1.165) is 5.01 Å². The van der Waals surface area contributed by atoms with Crippen LogP contribution in [0.4, 0.5) is 0 Å². The Morgan fingerprint density at radius 1 is 1.50 bits per heavy atom. The number of nitrogens with zero attached hydrogens (tertiary/aromatic N) is 1. The van der Waals surface area contributed by atoms with Gasteiger partial charge in [-0.25, -0.2) is 5.01 Å². The van der Waals surface area contributed by atoms with E-state index >= 15 is 0 Å². The van der Waals surface area contributed by atoms with E-state index in [-0.39, 0.29) is 18.3 Å². The molecule has 106 valence electrons. The molecule has 0 radical (unpaired) electrons. The molecule has 20 heavy (non-hydrogen) atoms. The Hall–Kier alpha value is -1.02. The molecule has 0 saturated carbocycles. The summed E-state index contributed by atoms with van der Waals surface area (Å²) in [4.78, 5) is 23.1. The van der Waals surface area contributed by atoms with Crippen molar-refractivity contribution in [2.24, 2.45) is 0 Å². The maximum absolute atomic E-state index is 11.7. The molecule has 1 saturated heterocycles. The van der Waals surface area contributed by atoms with Crippen LogP contribution in [-0.4, -0.2) is 33.5 Å². The van der Waals surface area contributed by atoms with Gasteiger partial charge in [0.1, 0.15) is 5.75 Å². The van der Waals surface area contributed by atoms with E-state index in [2.05, 4.69) is 5.43 Å². The van der Waals surface area contributed by atoms with E-state index < -0.39 is 5.91 Å². The van der Waals surface area contributed by atoms with E-state index in [1.807, 2.05) is 0 Å². The van der Waals surface area contributed by atoms with Gasteiger partial charge in [0.2, 0.25) is 0 Å². The summed E-state index contributed by atoms with van der Waals surface area (Å²) in [5.41, 5.74) is 2.37. The molecule has 5 nitrogen and oxygen atoms in total. The lowest BCUT2D eigenvalue weighted by Gasteiger charge is -2.16. The van der Waals surface area contributed by atoms with Crippen molar-refractivity contribution in [2.75, 3.05) is 12.4 Å². The predicted molar refractivity (Wildman–Crippen MR) is 82.0 cm³/mol. The Labute approximate surface area is 134 Å². The Kier molecular flexibility index (Phi) is 5.09. The molecule has 9 heteroatoms. The number of amides is 2. The fraction of sp³-hybridized carbons (Fsp3) is 0.182. The van der Waals surface area contributed by atoms with Crippen molar-refractivity contribution in [3.8, 4) is 5.75 Å². The van der Waals surface area contributed by atoms with Crippen LogP contribution in [0.2, 0.25) is 10.0 Å². The first kappa shape index (κ1) is 15.4. The molecule has 0 bridgehead atoms. The molecule has 1 heterocycles. The van der Waals surface area contributed by atoms with Gasteiger partial charge in [0.05, 0.1) is 10.8 Å². The van der Waals surface area contributed by atoms with Crippen LogP contribution in [0.25, 0.3) is 0 Å². The average Bonchev–Trinajstić information content (AvgIpc) is 2.69. The zero-order valence-corrected chi connectivity index (χ0v) is 13.0. The standard InChI is InChI=1S/C11H8Cl2N2O3S2/c12-6-1-2-8(7(13)3-6)18-4-9(16)14-15-10(17)5-20-11(15)19/h1-3H,4-5H2,(H,14,16). The number of thiocarbonyl (C=S) groups is 1. The molecule has 0 unspecified atom stereocenters. The van der Waals surface area contributed by atoms with Gasteiger partial charge in [-0.2, -0.15) is 0 Å². The number of thioether (sulfide) groups is 1. The summed E-state index contributed by atoms with van der Waals surface area (Å²) in [5.74, 6) is -0.216. The maximum Gasteiger partial charge on any atom is 0.276 e. The summed E-state index contributed by atoms with van der Waals surface area (Å²) in [6.07, 6.45) is 0. The minimum atomic E-state index is -0.505. The van der Waals surface area contributed by atoms with E-state index in [1.54, 1.807) is 12.1 Å². The second-order valence-electron chi connectivity index (χ2n) is 3.68. The van der Waals surface area contributed by atoms with Crippen LogP contribution >= 0.6 is 47.2 Å². The molecular weight excluding hydrogens is 343 g/mol. The summed E-state index contributed by atoms with van der Waals surface area (Å²) >= 11 is 17.8. The Morgan fingerprint density at radius 2 is 2.25 bits per heavy atom. The minimum absolute atomic E-state index is 0.225.